The zero-order chi connectivity index (χ0) is 14.8. The van der Waals surface area contributed by atoms with Gasteiger partial charge >= 0.3 is 0 Å². The fourth-order valence-corrected chi connectivity index (χ4v) is 3.65. The molecule has 3 rings (SSSR count). The summed E-state index contributed by atoms with van der Waals surface area (Å²) in [5.74, 6) is 0.738. The highest BCUT2D eigenvalue weighted by molar-refractivity contribution is 6.01. The molecule has 1 unspecified atom stereocenters. The van der Waals surface area contributed by atoms with E-state index >= 15 is 0 Å². The van der Waals surface area contributed by atoms with Crippen molar-refractivity contribution in [2.24, 2.45) is 7.05 Å². The second-order valence-corrected chi connectivity index (χ2v) is 5.93. The first kappa shape index (κ1) is 14.5. The van der Waals surface area contributed by atoms with Crippen LogP contribution in [0.4, 0.5) is 0 Å². The molecule has 2 aliphatic heterocycles. The number of rotatable bonds is 4. The molecule has 0 radical (unpaired) electrons. The molecule has 2 saturated heterocycles. The minimum Gasteiger partial charge on any atom is -0.493 e. The van der Waals surface area contributed by atoms with Crippen LogP contribution in [0.2, 0.25) is 0 Å². The number of Topliss-reactive ketones (excluding diaryl/α,β-unsaturated/α-hetero) is 1. The number of methoxy groups -OCH3 is 1. The Morgan fingerprint density at radius 3 is 2.86 bits per heavy atom. The Bertz CT molecular complexity index is 508. The molecule has 0 aromatic carbocycles. The van der Waals surface area contributed by atoms with E-state index in [1.807, 2.05) is 0 Å². The first-order chi connectivity index (χ1) is 10.2. The lowest BCUT2D eigenvalue weighted by molar-refractivity contribution is 0.0771. The number of ether oxygens (including phenoxy) is 1. The van der Waals surface area contributed by atoms with Crippen molar-refractivity contribution in [2.45, 2.75) is 37.8 Å². The number of nitrogens with one attached hydrogen (secondary N) is 1. The van der Waals surface area contributed by atoms with Crippen molar-refractivity contribution in [3.8, 4) is 5.75 Å². The Morgan fingerprint density at radius 1 is 1.38 bits per heavy atom. The summed E-state index contributed by atoms with van der Waals surface area (Å²) in [5, 5.41) is 7.55. The highest BCUT2D eigenvalue weighted by atomic mass is 16.5. The van der Waals surface area contributed by atoms with Crippen molar-refractivity contribution in [3.05, 3.63) is 11.9 Å². The predicted molar refractivity (Wildman–Crippen MR) is 79.7 cm³/mol. The third-order valence-corrected chi connectivity index (χ3v) is 4.73. The summed E-state index contributed by atoms with van der Waals surface area (Å²) < 4.78 is 6.93. The van der Waals surface area contributed by atoms with Crippen molar-refractivity contribution in [2.75, 3.05) is 26.7 Å². The molecule has 0 amide bonds. The molecular weight excluding hydrogens is 268 g/mol. The van der Waals surface area contributed by atoms with Crippen LogP contribution in [-0.2, 0) is 7.05 Å². The van der Waals surface area contributed by atoms with Gasteiger partial charge < -0.3 is 10.1 Å². The Labute approximate surface area is 125 Å². The molecule has 0 bridgehead atoms. The molecule has 0 saturated carbocycles. The Hall–Kier alpha value is -1.40. The maximum atomic E-state index is 13.0. The molecule has 21 heavy (non-hydrogen) atoms. The van der Waals surface area contributed by atoms with Crippen LogP contribution >= 0.6 is 0 Å². The summed E-state index contributed by atoms with van der Waals surface area (Å²) in [4.78, 5) is 15.4. The van der Waals surface area contributed by atoms with Crippen molar-refractivity contribution in [1.29, 1.82) is 0 Å². The van der Waals surface area contributed by atoms with Gasteiger partial charge in [0.15, 0.2) is 5.75 Å². The van der Waals surface area contributed by atoms with Crippen molar-refractivity contribution in [3.63, 3.8) is 0 Å². The smallest absolute Gasteiger partial charge is 0.201 e. The zero-order valence-corrected chi connectivity index (χ0v) is 12.8. The lowest BCUT2D eigenvalue weighted by Crippen LogP contribution is -2.48. The molecule has 1 atom stereocenters. The summed E-state index contributed by atoms with van der Waals surface area (Å²) in [6.45, 7) is 3.13. The zero-order valence-electron chi connectivity index (χ0n) is 12.8. The van der Waals surface area contributed by atoms with E-state index in [1.54, 1.807) is 25.0 Å². The molecule has 2 fully saturated rings. The van der Waals surface area contributed by atoms with Gasteiger partial charge in [0.2, 0.25) is 5.78 Å². The third kappa shape index (κ3) is 2.70. The van der Waals surface area contributed by atoms with Gasteiger partial charge in [-0.05, 0) is 45.3 Å². The number of piperidine rings is 1. The summed E-state index contributed by atoms with van der Waals surface area (Å²) >= 11 is 0. The molecule has 116 valence electrons. The van der Waals surface area contributed by atoms with Crippen LogP contribution in [0, 0.1) is 0 Å². The predicted octanol–water partition coefficient (Wildman–Crippen LogP) is 0.828. The molecule has 1 N–H and O–H groups in total. The quantitative estimate of drug-likeness (QED) is 0.833. The number of carbonyl (C=O) groups is 1. The fraction of sp³-hybridized carbons (Fsp3) is 0.733. The minimum atomic E-state index is -0.0163. The first-order valence-electron chi connectivity index (χ1n) is 7.79. The number of hydrogen-bond acceptors (Lipinski definition) is 5. The molecule has 2 aliphatic rings. The van der Waals surface area contributed by atoms with Gasteiger partial charge in [-0.2, -0.15) is 5.10 Å². The van der Waals surface area contributed by atoms with Crippen LogP contribution in [0.1, 0.15) is 36.2 Å². The Kier molecular flexibility index (Phi) is 4.26. The van der Waals surface area contributed by atoms with Gasteiger partial charge in [0.25, 0.3) is 0 Å². The van der Waals surface area contributed by atoms with Crippen LogP contribution in [0.5, 0.6) is 5.75 Å². The lowest BCUT2D eigenvalue weighted by Gasteiger charge is -2.35. The van der Waals surface area contributed by atoms with Gasteiger partial charge in [-0.15, -0.1) is 0 Å². The van der Waals surface area contributed by atoms with Gasteiger partial charge in [0.1, 0.15) is 5.69 Å². The maximum Gasteiger partial charge on any atom is 0.201 e. The van der Waals surface area contributed by atoms with Crippen LogP contribution in [0.25, 0.3) is 0 Å². The normalized spacial score (nSPS) is 24.4. The Morgan fingerprint density at radius 2 is 2.14 bits per heavy atom. The number of aryl methyl sites for hydroxylation is 1. The lowest BCUT2D eigenvalue weighted by atomic mass is 10.0. The van der Waals surface area contributed by atoms with Gasteiger partial charge in [-0.3, -0.25) is 14.4 Å². The van der Waals surface area contributed by atoms with Gasteiger partial charge in [0, 0.05) is 13.1 Å². The van der Waals surface area contributed by atoms with Gasteiger partial charge in [-0.25, -0.2) is 0 Å². The van der Waals surface area contributed by atoms with E-state index in [-0.39, 0.29) is 11.8 Å². The highest BCUT2D eigenvalue weighted by Gasteiger charge is 2.38. The van der Waals surface area contributed by atoms with E-state index < -0.39 is 0 Å². The summed E-state index contributed by atoms with van der Waals surface area (Å²) in [7, 11) is 3.40. The van der Waals surface area contributed by atoms with E-state index in [2.05, 4.69) is 15.3 Å². The second kappa shape index (κ2) is 6.15. The topological polar surface area (TPSA) is 59.4 Å². The molecule has 6 nitrogen and oxygen atoms in total. The number of carbonyl (C=O) groups excluding carboxylic acids is 1. The number of ketones is 1. The number of likely N-dealkylation sites (tertiary alicyclic amines) is 1. The van der Waals surface area contributed by atoms with Crippen molar-refractivity contribution in [1.82, 2.24) is 20.0 Å². The summed E-state index contributed by atoms with van der Waals surface area (Å²) in [6, 6.07) is 0.513. The van der Waals surface area contributed by atoms with Crippen molar-refractivity contribution >= 4 is 5.78 Å². The van der Waals surface area contributed by atoms with Crippen LogP contribution in [0.15, 0.2) is 6.20 Å². The molecule has 1 aromatic heterocycles. The van der Waals surface area contributed by atoms with E-state index in [0.29, 0.717) is 17.5 Å². The summed E-state index contributed by atoms with van der Waals surface area (Å²) in [5.41, 5.74) is 0.600. The SMILES string of the molecule is COc1cnn(C)c1C(=O)C1CCCN1C1CCNCC1. The molecule has 0 spiro atoms. The monoisotopic (exact) mass is 292 g/mol. The average Bonchev–Trinajstić information content (AvgIpc) is 3.14. The largest absolute Gasteiger partial charge is 0.493 e. The van der Waals surface area contributed by atoms with Crippen molar-refractivity contribution < 1.29 is 9.53 Å². The number of aromatic nitrogens is 2. The molecule has 3 heterocycles. The van der Waals surface area contributed by atoms with E-state index in [0.717, 1.165) is 45.3 Å². The summed E-state index contributed by atoms with van der Waals surface area (Å²) in [6.07, 6.45) is 5.92. The molecule has 6 heteroatoms. The maximum absolute atomic E-state index is 13.0. The minimum absolute atomic E-state index is 0.0163. The first-order valence-corrected chi connectivity index (χ1v) is 7.79. The van der Waals surface area contributed by atoms with Crippen LogP contribution in [-0.4, -0.2) is 59.3 Å². The third-order valence-electron chi connectivity index (χ3n) is 4.73. The van der Waals surface area contributed by atoms with Crippen LogP contribution < -0.4 is 10.1 Å². The molecule has 0 aliphatic carbocycles. The Balaban J connectivity index is 1.81. The van der Waals surface area contributed by atoms with Gasteiger partial charge in [-0.1, -0.05) is 0 Å². The van der Waals surface area contributed by atoms with E-state index in [9.17, 15) is 4.79 Å². The van der Waals surface area contributed by atoms with E-state index in [4.69, 9.17) is 4.74 Å². The number of nitrogens with zero attached hydrogens (tertiary/aromatic N) is 3. The average molecular weight is 292 g/mol. The molecular formula is C15H24N4O2. The standard InChI is InChI=1S/C15H24N4O2/c1-18-14(13(21-2)10-17-18)15(20)12-4-3-9-19(12)11-5-7-16-8-6-11/h10-12,16H,3-9H2,1-2H3. The van der Waals surface area contributed by atoms with Crippen LogP contribution in [0.3, 0.4) is 0 Å². The molecule has 1 aromatic rings. The fourth-order valence-electron chi connectivity index (χ4n) is 3.65. The highest BCUT2D eigenvalue weighted by Crippen LogP contribution is 2.29. The number of hydrogen-bond donors (Lipinski definition) is 1. The van der Waals surface area contributed by atoms with Gasteiger partial charge in [0.05, 0.1) is 19.3 Å². The second-order valence-electron chi connectivity index (χ2n) is 5.93. The van der Waals surface area contributed by atoms with E-state index in [1.165, 1.54) is 0 Å².